The first-order valence-electron chi connectivity index (χ1n) is 4.03. The van der Waals surface area contributed by atoms with Gasteiger partial charge >= 0.3 is 12.0 Å². The highest BCUT2D eigenvalue weighted by molar-refractivity contribution is 5.49. The molecular formula is C8H4F5NO3. The number of benzene rings is 1. The first-order chi connectivity index (χ1) is 7.70. The Morgan fingerprint density at radius 1 is 1.29 bits per heavy atom. The fourth-order valence-corrected chi connectivity index (χ4v) is 1.02. The second-order valence-electron chi connectivity index (χ2n) is 2.83. The lowest BCUT2D eigenvalue weighted by Crippen LogP contribution is -2.18. The maximum absolute atomic E-state index is 12.2. The Balaban J connectivity index is 3.18. The third-order valence-electron chi connectivity index (χ3n) is 1.66. The summed E-state index contributed by atoms with van der Waals surface area (Å²) in [5.41, 5.74) is -1.92. The summed E-state index contributed by atoms with van der Waals surface area (Å²) in [6, 6.07) is 1.44. The molecule has 0 heterocycles. The molecule has 94 valence electrons. The van der Waals surface area contributed by atoms with Gasteiger partial charge in [-0.2, -0.15) is 0 Å². The van der Waals surface area contributed by atoms with Crippen molar-refractivity contribution in [3.63, 3.8) is 0 Å². The van der Waals surface area contributed by atoms with Crippen LogP contribution in [0, 0.1) is 10.1 Å². The molecule has 17 heavy (non-hydrogen) atoms. The number of halogens is 5. The molecule has 0 aliphatic heterocycles. The Morgan fingerprint density at radius 2 is 1.88 bits per heavy atom. The van der Waals surface area contributed by atoms with E-state index in [-0.39, 0.29) is 0 Å². The molecule has 0 unspecified atom stereocenters. The topological polar surface area (TPSA) is 52.4 Å². The molecule has 0 saturated carbocycles. The van der Waals surface area contributed by atoms with Gasteiger partial charge in [-0.1, -0.05) is 0 Å². The fourth-order valence-electron chi connectivity index (χ4n) is 1.02. The molecule has 0 spiro atoms. The molecule has 1 rings (SSSR count). The lowest BCUT2D eigenvalue weighted by Gasteiger charge is -2.09. The van der Waals surface area contributed by atoms with Crippen LogP contribution in [0.1, 0.15) is 12.0 Å². The number of nitro benzene ring substituents is 1. The first kappa shape index (κ1) is 13.1. The van der Waals surface area contributed by atoms with Crippen LogP contribution < -0.4 is 4.74 Å². The average Bonchev–Trinajstić information content (AvgIpc) is 2.14. The minimum absolute atomic E-state index is 0.339. The van der Waals surface area contributed by atoms with Crippen LogP contribution in [0.15, 0.2) is 18.2 Å². The molecule has 4 nitrogen and oxygen atoms in total. The quantitative estimate of drug-likeness (QED) is 0.473. The van der Waals surface area contributed by atoms with E-state index in [1.54, 1.807) is 0 Å². The van der Waals surface area contributed by atoms with Crippen molar-refractivity contribution in [1.82, 2.24) is 0 Å². The van der Waals surface area contributed by atoms with Gasteiger partial charge in [0.1, 0.15) is 0 Å². The highest BCUT2D eigenvalue weighted by Crippen LogP contribution is 2.34. The van der Waals surface area contributed by atoms with Gasteiger partial charge in [0, 0.05) is 11.6 Å². The minimum Gasteiger partial charge on any atom is -0.398 e. The number of alkyl halides is 5. The molecule has 0 N–H and O–H groups in total. The third-order valence-corrected chi connectivity index (χ3v) is 1.66. The van der Waals surface area contributed by atoms with E-state index in [1.807, 2.05) is 0 Å². The Bertz CT molecular complexity index is 432. The molecule has 9 heteroatoms. The predicted molar refractivity (Wildman–Crippen MR) is 44.7 cm³/mol. The van der Waals surface area contributed by atoms with Crippen molar-refractivity contribution in [3.8, 4) is 5.75 Å². The molecule has 0 atom stereocenters. The molecule has 1 aromatic carbocycles. The molecule has 0 bridgehead atoms. The van der Waals surface area contributed by atoms with E-state index in [0.717, 1.165) is 0 Å². The number of hydrogen-bond donors (Lipinski definition) is 0. The molecule has 0 aliphatic carbocycles. The second kappa shape index (κ2) is 4.52. The zero-order chi connectivity index (χ0) is 13.2. The molecule has 1 aromatic rings. The summed E-state index contributed by atoms with van der Waals surface area (Å²) in [4.78, 5) is 9.17. The number of nitrogens with zero attached hydrogens (tertiary/aromatic N) is 1. The largest absolute Gasteiger partial charge is 0.573 e. The van der Waals surface area contributed by atoms with Crippen LogP contribution in [-0.2, 0) is 0 Å². The van der Waals surface area contributed by atoms with Gasteiger partial charge in [0.15, 0.2) is 0 Å². The highest BCUT2D eigenvalue weighted by atomic mass is 19.4. The number of nitro groups is 1. The van der Waals surface area contributed by atoms with Gasteiger partial charge in [0.05, 0.1) is 4.92 Å². The van der Waals surface area contributed by atoms with Crippen molar-refractivity contribution in [2.75, 3.05) is 0 Å². The maximum Gasteiger partial charge on any atom is 0.573 e. The van der Waals surface area contributed by atoms with Crippen molar-refractivity contribution in [2.45, 2.75) is 12.8 Å². The van der Waals surface area contributed by atoms with E-state index in [1.165, 1.54) is 0 Å². The Kier molecular flexibility index (Phi) is 3.49. The van der Waals surface area contributed by atoms with E-state index >= 15 is 0 Å². The number of hydrogen-bond acceptors (Lipinski definition) is 3. The Labute approximate surface area is 90.8 Å². The zero-order valence-corrected chi connectivity index (χ0v) is 7.87. The van der Waals surface area contributed by atoms with Crippen molar-refractivity contribution in [1.29, 1.82) is 0 Å². The standard InChI is InChI=1S/C8H4F5NO3/c9-7(10)4-1-2-6(17-8(11,12)13)5(3-4)14(15)16/h1-3,7H. The molecule has 0 aliphatic rings. The summed E-state index contributed by atoms with van der Waals surface area (Å²) in [6.45, 7) is 0. The van der Waals surface area contributed by atoms with Crippen LogP contribution in [-0.4, -0.2) is 11.3 Å². The van der Waals surface area contributed by atoms with Crippen molar-refractivity contribution in [2.24, 2.45) is 0 Å². The highest BCUT2D eigenvalue weighted by Gasteiger charge is 2.34. The van der Waals surface area contributed by atoms with E-state index in [2.05, 4.69) is 4.74 Å². The van der Waals surface area contributed by atoms with Gasteiger partial charge in [-0.3, -0.25) is 10.1 Å². The van der Waals surface area contributed by atoms with Gasteiger partial charge in [-0.05, 0) is 12.1 Å². The van der Waals surface area contributed by atoms with Gasteiger partial charge < -0.3 is 4.74 Å². The summed E-state index contributed by atoms with van der Waals surface area (Å²) in [7, 11) is 0. The Hall–Kier alpha value is -1.93. The third kappa shape index (κ3) is 3.54. The van der Waals surface area contributed by atoms with E-state index < -0.39 is 34.7 Å². The van der Waals surface area contributed by atoms with E-state index in [0.29, 0.717) is 18.2 Å². The SMILES string of the molecule is O=[N+]([O-])c1cc(C(F)F)ccc1OC(F)(F)F. The first-order valence-corrected chi connectivity index (χ1v) is 4.03. The summed E-state index contributed by atoms with van der Waals surface area (Å²) in [6.07, 6.45) is -8.15. The van der Waals surface area contributed by atoms with E-state index in [9.17, 15) is 32.1 Å². The normalized spacial score (nSPS) is 11.6. The van der Waals surface area contributed by atoms with Crippen molar-refractivity contribution < 1.29 is 31.6 Å². The minimum atomic E-state index is -5.13. The van der Waals surface area contributed by atoms with Crippen LogP contribution in [0.3, 0.4) is 0 Å². The van der Waals surface area contributed by atoms with Gasteiger partial charge in [-0.15, -0.1) is 13.2 Å². The van der Waals surface area contributed by atoms with Gasteiger partial charge in [0.2, 0.25) is 5.75 Å². The van der Waals surface area contributed by atoms with Gasteiger partial charge in [0.25, 0.3) is 6.43 Å². The fraction of sp³-hybridized carbons (Fsp3) is 0.250. The summed E-state index contributed by atoms with van der Waals surface area (Å²) in [5.74, 6) is -1.13. The van der Waals surface area contributed by atoms with Crippen LogP contribution in [0.4, 0.5) is 27.6 Å². The second-order valence-corrected chi connectivity index (χ2v) is 2.83. The molecule has 0 radical (unpaired) electrons. The number of ether oxygens (including phenoxy) is 1. The van der Waals surface area contributed by atoms with E-state index in [4.69, 9.17) is 0 Å². The summed E-state index contributed by atoms with van der Waals surface area (Å²) in [5, 5.41) is 10.4. The smallest absolute Gasteiger partial charge is 0.398 e. The number of rotatable bonds is 3. The monoisotopic (exact) mass is 257 g/mol. The van der Waals surface area contributed by atoms with Crippen LogP contribution >= 0.6 is 0 Å². The van der Waals surface area contributed by atoms with Gasteiger partial charge in [-0.25, -0.2) is 8.78 Å². The molecule has 0 aromatic heterocycles. The molecule has 0 fully saturated rings. The van der Waals surface area contributed by atoms with Crippen molar-refractivity contribution in [3.05, 3.63) is 33.9 Å². The average molecular weight is 257 g/mol. The maximum atomic E-state index is 12.2. The van der Waals surface area contributed by atoms with Crippen molar-refractivity contribution >= 4 is 5.69 Å². The molecule has 0 amide bonds. The lowest BCUT2D eigenvalue weighted by atomic mass is 10.2. The predicted octanol–water partition coefficient (Wildman–Crippen LogP) is 3.43. The van der Waals surface area contributed by atoms with Crippen LogP contribution in [0.5, 0.6) is 5.75 Å². The Morgan fingerprint density at radius 3 is 2.29 bits per heavy atom. The molecular weight excluding hydrogens is 253 g/mol. The zero-order valence-electron chi connectivity index (χ0n) is 7.87. The lowest BCUT2D eigenvalue weighted by molar-refractivity contribution is -0.388. The summed E-state index contributed by atoms with van der Waals surface area (Å²) >= 11 is 0. The van der Waals surface area contributed by atoms with Crippen LogP contribution in [0.2, 0.25) is 0 Å². The molecule has 0 saturated heterocycles. The van der Waals surface area contributed by atoms with Crippen LogP contribution in [0.25, 0.3) is 0 Å². The summed E-state index contributed by atoms with van der Waals surface area (Å²) < 4.78 is 63.3.